The molecular weight excluding hydrogens is 392 g/mol. The first-order chi connectivity index (χ1) is 14.9. The molecule has 0 saturated heterocycles. The number of benzene rings is 2. The van der Waals surface area contributed by atoms with E-state index in [1.54, 1.807) is 38.1 Å². The Hall–Kier alpha value is -3.48. The second-order valence-electron chi connectivity index (χ2n) is 8.03. The van der Waals surface area contributed by atoms with Crippen LogP contribution in [0, 0.1) is 0 Å². The number of unbranched alkanes of at least 4 members (excludes halogenated alkanes) is 2. The molecule has 0 radical (unpaired) electrons. The molecule has 31 heavy (non-hydrogen) atoms. The topological polar surface area (TPSA) is 93.1 Å². The highest BCUT2D eigenvalue weighted by molar-refractivity contribution is 6.05. The predicted molar refractivity (Wildman–Crippen MR) is 121 cm³/mol. The normalized spacial score (nSPS) is 11.3. The van der Waals surface area contributed by atoms with Crippen LogP contribution in [0.15, 0.2) is 59.4 Å². The Kier molecular flexibility index (Phi) is 6.84. The van der Waals surface area contributed by atoms with Crippen molar-refractivity contribution in [2.75, 3.05) is 0 Å². The van der Waals surface area contributed by atoms with Crippen LogP contribution in [0.4, 0.5) is 0 Å². The van der Waals surface area contributed by atoms with Gasteiger partial charge < -0.3 is 0 Å². The molecule has 7 nitrogen and oxygen atoms in total. The van der Waals surface area contributed by atoms with Gasteiger partial charge >= 0.3 is 0 Å². The van der Waals surface area contributed by atoms with Crippen LogP contribution < -0.4 is 16.4 Å². The predicted octanol–water partition coefficient (Wildman–Crippen LogP) is 3.33. The van der Waals surface area contributed by atoms with Crippen molar-refractivity contribution >= 4 is 22.6 Å². The van der Waals surface area contributed by atoms with Gasteiger partial charge in [0.25, 0.3) is 11.5 Å². The summed E-state index contributed by atoms with van der Waals surface area (Å²) in [5.74, 6) is -0.926. The van der Waals surface area contributed by atoms with E-state index in [4.69, 9.17) is 0 Å². The van der Waals surface area contributed by atoms with Crippen LogP contribution in [0.25, 0.3) is 10.8 Å². The summed E-state index contributed by atoms with van der Waals surface area (Å²) in [6.07, 6.45) is 2.77. The standard InChI is InChI=1S/C24H28N4O3/c1-4-5-11-16-28-22(30)19-15-10-9-14-18(19)20(27-28)21(29)25-26-23(31)24(2,3)17-12-7-6-8-13-17/h6-10,12-15H,4-5,11,16H2,1-3H3,(H,25,29)(H,26,31). The number of hydrogen-bond donors (Lipinski definition) is 2. The van der Waals surface area contributed by atoms with E-state index in [1.807, 2.05) is 30.3 Å². The van der Waals surface area contributed by atoms with Crippen LogP contribution in [0.5, 0.6) is 0 Å². The fourth-order valence-electron chi connectivity index (χ4n) is 3.38. The average Bonchev–Trinajstić information content (AvgIpc) is 2.79. The van der Waals surface area contributed by atoms with Gasteiger partial charge in [0, 0.05) is 11.9 Å². The maximum absolute atomic E-state index is 12.9. The lowest BCUT2D eigenvalue weighted by Gasteiger charge is -2.24. The third-order valence-electron chi connectivity index (χ3n) is 5.41. The zero-order chi connectivity index (χ0) is 22.4. The van der Waals surface area contributed by atoms with E-state index in [9.17, 15) is 14.4 Å². The van der Waals surface area contributed by atoms with E-state index >= 15 is 0 Å². The Balaban J connectivity index is 1.84. The van der Waals surface area contributed by atoms with Gasteiger partial charge in [-0.3, -0.25) is 25.2 Å². The highest BCUT2D eigenvalue weighted by Crippen LogP contribution is 2.22. The SMILES string of the molecule is CCCCCn1nc(C(=O)NNC(=O)C(C)(C)c2ccccc2)c2ccccc2c1=O. The minimum atomic E-state index is -0.844. The summed E-state index contributed by atoms with van der Waals surface area (Å²) < 4.78 is 1.34. The molecule has 0 aliphatic carbocycles. The summed E-state index contributed by atoms with van der Waals surface area (Å²) in [4.78, 5) is 38.4. The van der Waals surface area contributed by atoms with Gasteiger partial charge in [-0.25, -0.2) is 4.68 Å². The third kappa shape index (κ3) is 4.82. The molecule has 2 amide bonds. The number of fused-ring (bicyclic) bond motifs is 1. The van der Waals surface area contributed by atoms with Crippen molar-refractivity contribution in [1.29, 1.82) is 0 Å². The first-order valence-corrected chi connectivity index (χ1v) is 10.5. The van der Waals surface area contributed by atoms with Crippen molar-refractivity contribution in [1.82, 2.24) is 20.6 Å². The zero-order valence-electron chi connectivity index (χ0n) is 18.1. The first kappa shape index (κ1) is 22.2. The van der Waals surface area contributed by atoms with E-state index in [1.165, 1.54) is 4.68 Å². The molecule has 162 valence electrons. The summed E-state index contributed by atoms with van der Waals surface area (Å²) in [7, 11) is 0. The number of hydrogen-bond acceptors (Lipinski definition) is 4. The fourth-order valence-corrected chi connectivity index (χ4v) is 3.38. The lowest BCUT2D eigenvalue weighted by molar-refractivity contribution is -0.126. The van der Waals surface area contributed by atoms with Gasteiger partial charge in [-0.2, -0.15) is 5.10 Å². The van der Waals surface area contributed by atoms with Crippen LogP contribution >= 0.6 is 0 Å². The van der Waals surface area contributed by atoms with Gasteiger partial charge in [0.15, 0.2) is 5.69 Å². The molecule has 1 aromatic heterocycles. The van der Waals surface area contributed by atoms with Gasteiger partial charge in [0.05, 0.1) is 10.8 Å². The van der Waals surface area contributed by atoms with Gasteiger partial charge in [0.2, 0.25) is 5.91 Å². The molecule has 2 aromatic carbocycles. The number of rotatable bonds is 7. The highest BCUT2D eigenvalue weighted by atomic mass is 16.2. The van der Waals surface area contributed by atoms with Crippen LogP contribution in [0.2, 0.25) is 0 Å². The van der Waals surface area contributed by atoms with E-state index < -0.39 is 11.3 Å². The Labute approximate surface area is 181 Å². The van der Waals surface area contributed by atoms with E-state index in [0.717, 1.165) is 24.8 Å². The van der Waals surface area contributed by atoms with Gasteiger partial charge in [-0.05, 0) is 31.9 Å². The molecular formula is C24H28N4O3. The molecule has 0 aliphatic rings. The molecule has 1 heterocycles. The Bertz CT molecular complexity index is 1140. The van der Waals surface area contributed by atoms with Crippen LogP contribution in [-0.2, 0) is 16.8 Å². The third-order valence-corrected chi connectivity index (χ3v) is 5.41. The first-order valence-electron chi connectivity index (χ1n) is 10.5. The monoisotopic (exact) mass is 420 g/mol. The second-order valence-corrected chi connectivity index (χ2v) is 8.03. The minimum absolute atomic E-state index is 0.101. The molecule has 3 aromatic rings. The number of hydrazine groups is 1. The van der Waals surface area contributed by atoms with Crippen molar-refractivity contribution in [3.63, 3.8) is 0 Å². The molecule has 0 bridgehead atoms. The summed E-state index contributed by atoms with van der Waals surface area (Å²) in [5, 5.41) is 5.19. The van der Waals surface area contributed by atoms with Crippen molar-refractivity contribution in [3.05, 3.63) is 76.2 Å². The van der Waals surface area contributed by atoms with Gasteiger partial charge in [-0.15, -0.1) is 0 Å². The summed E-state index contributed by atoms with van der Waals surface area (Å²) in [6, 6.07) is 16.2. The summed E-state index contributed by atoms with van der Waals surface area (Å²) >= 11 is 0. The molecule has 0 aliphatic heterocycles. The van der Waals surface area contributed by atoms with Crippen molar-refractivity contribution in [2.45, 2.75) is 52.0 Å². The van der Waals surface area contributed by atoms with E-state index in [-0.39, 0.29) is 17.2 Å². The molecule has 2 N–H and O–H groups in total. The number of aryl methyl sites for hydroxylation is 1. The van der Waals surface area contributed by atoms with Crippen molar-refractivity contribution in [3.8, 4) is 0 Å². The molecule has 0 spiro atoms. The highest BCUT2D eigenvalue weighted by Gasteiger charge is 2.30. The van der Waals surface area contributed by atoms with Crippen molar-refractivity contribution < 1.29 is 9.59 Å². The lowest BCUT2D eigenvalue weighted by Crippen LogP contribution is -2.49. The van der Waals surface area contributed by atoms with E-state index in [0.29, 0.717) is 17.3 Å². The maximum atomic E-state index is 12.9. The summed E-state index contributed by atoms with van der Waals surface area (Å²) in [6.45, 7) is 6.08. The number of nitrogens with zero attached hydrogens (tertiary/aromatic N) is 2. The molecule has 3 rings (SSSR count). The Morgan fingerprint density at radius 1 is 0.935 bits per heavy atom. The number of carbonyl (C=O) groups is 2. The fraction of sp³-hybridized carbons (Fsp3) is 0.333. The molecule has 0 saturated carbocycles. The maximum Gasteiger partial charge on any atom is 0.290 e. The quantitative estimate of drug-likeness (QED) is 0.453. The van der Waals surface area contributed by atoms with Crippen LogP contribution in [0.3, 0.4) is 0 Å². The summed E-state index contributed by atoms with van der Waals surface area (Å²) in [5.41, 5.74) is 4.83. The number of nitrogens with one attached hydrogen (secondary N) is 2. The smallest absolute Gasteiger partial charge is 0.272 e. The average molecular weight is 421 g/mol. The van der Waals surface area contributed by atoms with E-state index in [2.05, 4.69) is 22.9 Å². The molecule has 0 unspecified atom stereocenters. The number of carbonyl (C=O) groups excluding carboxylic acids is 2. The molecule has 0 atom stereocenters. The lowest BCUT2D eigenvalue weighted by atomic mass is 9.84. The largest absolute Gasteiger partial charge is 0.290 e. The second kappa shape index (κ2) is 9.55. The van der Waals surface area contributed by atoms with Gasteiger partial charge in [-0.1, -0.05) is 68.3 Å². The molecule has 0 fully saturated rings. The van der Waals surface area contributed by atoms with Crippen LogP contribution in [-0.4, -0.2) is 21.6 Å². The minimum Gasteiger partial charge on any atom is -0.272 e. The Morgan fingerprint density at radius 2 is 1.58 bits per heavy atom. The zero-order valence-corrected chi connectivity index (χ0v) is 18.1. The Morgan fingerprint density at radius 3 is 2.26 bits per heavy atom. The number of amides is 2. The van der Waals surface area contributed by atoms with Crippen molar-refractivity contribution in [2.24, 2.45) is 0 Å². The van der Waals surface area contributed by atoms with Gasteiger partial charge in [0.1, 0.15) is 0 Å². The number of aromatic nitrogens is 2. The molecule has 7 heteroatoms. The van der Waals surface area contributed by atoms with Crippen LogP contribution in [0.1, 0.15) is 56.1 Å².